The second kappa shape index (κ2) is 4.25. The van der Waals surface area contributed by atoms with Crippen LogP contribution < -0.4 is 10.2 Å². The van der Waals surface area contributed by atoms with Crippen LogP contribution in [0.3, 0.4) is 0 Å². The van der Waals surface area contributed by atoms with Gasteiger partial charge in [-0.2, -0.15) is 4.52 Å². The fraction of sp³-hybridized carbons (Fsp3) is 0.600. The Morgan fingerprint density at radius 2 is 2.35 bits per heavy atom. The average molecular weight is 233 g/mol. The number of tetrazole rings is 1. The number of piperidine rings is 1. The molecule has 3 rings (SSSR count). The summed E-state index contributed by atoms with van der Waals surface area (Å²) in [5.74, 6) is 0.965. The molecule has 3 heterocycles. The molecule has 17 heavy (non-hydrogen) atoms. The third kappa shape index (κ3) is 1.82. The van der Waals surface area contributed by atoms with Gasteiger partial charge in [-0.25, -0.2) is 0 Å². The number of rotatable bonds is 2. The third-order valence-electron chi connectivity index (χ3n) is 3.24. The van der Waals surface area contributed by atoms with Crippen LogP contribution in [0, 0.1) is 0 Å². The minimum absolute atomic E-state index is 0.524. The minimum atomic E-state index is 0.524. The topological polar surface area (TPSA) is 71.2 Å². The van der Waals surface area contributed by atoms with Crippen molar-refractivity contribution in [1.82, 2.24) is 30.3 Å². The maximum Gasteiger partial charge on any atom is 0.199 e. The zero-order valence-corrected chi connectivity index (χ0v) is 9.74. The van der Waals surface area contributed by atoms with Gasteiger partial charge in [0.05, 0.1) is 12.4 Å². The Morgan fingerprint density at radius 3 is 3.24 bits per heavy atom. The molecule has 1 atom stereocenters. The molecule has 0 aliphatic carbocycles. The van der Waals surface area contributed by atoms with Gasteiger partial charge < -0.3 is 10.2 Å². The van der Waals surface area contributed by atoms with E-state index in [1.165, 1.54) is 12.8 Å². The van der Waals surface area contributed by atoms with Crippen LogP contribution in [0.1, 0.15) is 12.8 Å². The second-order valence-electron chi connectivity index (χ2n) is 4.29. The molecule has 1 saturated heterocycles. The first-order valence-corrected chi connectivity index (χ1v) is 5.83. The van der Waals surface area contributed by atoms with Gasteiger partial charge in [0.15, 0.2) is 11.5 Å². The first kappa shape index (κ1) is 10.4. The molecule has 0 spiro atoms. The van der Waals surface area contributed by atoms with Crippen LogP contribution in [0.15, 0.2) is 12.4 Å². The Bertz CT molecular complexity index is 508. The first-order chi connectivity index (χ1) is 8.38. The molecular weight excluding hydrogens is 218 g/mol. The second-order valence-corrected chi connectivity index (χ2v) is 4.29. The smallest absolute Gasteiger partial charge is 0.199 e. The van der Waals surface area contributed by atoms with Crippen molar-refractivity contribution in [3.63, 3.8) is 0 Å². The van der Waals surface area contributed by atoms with Gasteiger partial charge in [-0.05, 0) is 30.3 Å². The number of nitrogens with zero attached hydrogens (tertiary/aromatic N) is 6. The Hall–Kier alpha value is -1.76. The van der Waals surface area contributed by atoms with Crippen LogP contribution in [0.25, 0.3) is 5.65 Å². The predicted octanol–water partition coefficient (Wildman–Crippen LogP) is -0.293. The molecule has 1 unspecified atom stereocenters. The van der Waals surface area contributed by atoms with E-state index in [-0.39, 0.29) is 0 Å². The molecule has 7 heteroatoms. The van der Waals surface area contributed by atoms with E-state index in [0.717, 1.165) is 18.9 Å². The summed E-state index contributed by atoms with van der Waals surface area (Å²) in [6.45, 7) is 2.00. The lowest BCUT2D eigenvalue weighted by Gasteiger charge is -2.33. The van der Waals surface area contributed by atoms with Gasteiger partial charge >= 0.3 is 0 Å². The summed E-state index contributed by atoms with van der Waals surface area (Å²) < 4.78 is 1.74. The number of nitrogens with one attached hydrogen (secondary N) is 1. The first-order valence-electron chi connectivity index (χ1n) is 5.83. The van der Waals surface area contributed by atoms with Gasteiger partial charge in [0.1, 0.15) is 0 Å². The van der Waals surface area contributed by atoms with Crippen molar-refractivity contribution >= 4 is 11.5 Å². The number of aromatic nitrogens is 5. The van der Waals surface area contributed by atoms with Crippen molar-refractivity contribution in [2.24, 2.45) is 0 Å². The summed E-state index contributed by atoms with van der Waals surface area (Å²) in [7, 11) is 2.00. The van der Waals surface area contributed by atoms with Crippen LogP contribution in [-0.4, -0.2) is 51.2 Å². The molecular formula is C10H15N7. The molecule has 7 nitrogen and oxygen atoms in total. The molecule has 1 aliphatic heterocycles. The Balaban J connectivity index is 1.94. The standard InChI is InChI=1S/C10H15N7/c1-11-8-3-2-4-16(7-8)10-6-12-5-9-13-14-15-17(9)10/h5-6,8,11H,2-4,7H2,1H3. The zero-order valence-electron chi connectivity index (χ0n) is 9.74. The van der Waals surface area contributed by atoms with E-state index in [0.29, 0.717) is 11.7 Å². The normalized spacial score (nSPS) is 21.0. The summed E-state index contributed by atoms with van der Waals surface area (Å²) >= 11 is 0. The summed E-state index contributed by atoms with van der Waals surface area (Å²) in [6.07, 6.45) is 5.88. The Kier molecular flexibility index (Phi) is 2.60. The van der Waals surface area contributed by atoms with Gasteiger partial charge in [-0.15, -0.1) is 5.10 Å². The highest BCUT2D eigenvalue weighted by Gasteiger charge is 2.21. The quantitative estimate of drug-likeness (QED) is 0.768. The average Bonchev–Trinajstić information content (AvgIpc) is 2.87. The highest BCUT2D eigenvalue weighted by Crippen LogP contribution is 2.18. The molecule has 0 radical (unpaired) electrons. The molecule has 2 aromatic heterocycles. The lowest BCUT2D eigenvalue weighted by Crippen LogP contribution is -2.45. The summed E-state index contributed by atoms with van der Waals surface area (Å²) in [5, 5.41) is 14.9. The van der Waals surface area contributed by atoms with E-state index in [4.69, 9.17) is 0 Å². The van der Waals surface area contributed by atoms with E-state index in [9.17, 15) is 0 Å². The lowest BCUT2D eigenvalue weighted by molar-refractivity contribution is 0.445. The predicted molar refractivity (Wildman–Crippen MR) is 62.9 cm³/mol. The van der Waals surface area contributed by atoms with Gasteiger partial charge in [-0.3, -0.25) is 4.98 Å². The fourth-order valence-corrected chi connectivity index (χ4v) is 2.30. The van der Waals surface area contributed by atoms with Crippen molar-refractivity contribution in [1.29, 1.82) is 0 Å². The van der Waals surface area contributed by atoms with Crippen molar-refractivity contribution in [3.8, 4) is 0 Å². The SMILES string of the molecule is CNC1CCCN(c2cncc3nnnn23)C1. The van der Waals surface area contributed by atoms with E-state index in [1.54, 1.807) is 10.7 Å². The van der Waals surface area contributed by atoms with Crippen molar-refractivity contribution < 1.29 is 0 Å². The maximum absolute atomic E-state index is 4.19. The fourth-order valence-electron chi connectivity index (χ4n) is 2.30. The number of hydrogen-bond donors (Lipinski definition) is 1. The van der Waals surface area contributed by atoms with E-state index in [2.05, 4.69) is 30.7 Å². The van der Waals surface area contributed by atoms with E-state index < -0.39 is 0 Å². The lowest BCUT2D eigenvalue weighted by atomic mass is 10.1. The third-order valence-corrected chi connectivity index (χ3v) is 3.24. The van der Waals surface area contributed by atoms with Gasteiger partial charge in [0.2, 0.25) is 0 Å². The van der Waals surface area contributed by atoms with Crippen LogP contribution in [-0.2, 0) is 0 Å². The monoisotopic (exact) mass is 233 g/mol. The molecule has 0 bridgehead atoms. The van der Waals surface area contributed by atoms with Crippen molar-refractivity contribution in [2.75, 3.05) is 25.0 Å². The van der Waals surface area contributed by atoms with Crippen molar-refractivity contribution in [2.45, 2.75) is 18.9 Å². The van der Waals surface area contributed by atoms with Gasteiger partial charge in [0, 0.05) is 19.1 Å². The van der Waals surface area contributed by atoms with Crippen LogP contribution >= 0.6 is 0 Å². The molecule has 0 saturated carbocycles. The van der Waals surface area contributed by atoms with Crippen LogP contribution in [0.4, 0.5) is 5.82 Å². The summed E-state index contributed by atoms with van der Waals surface area (Å²) in [4.78, 5) is 6.46. The van der Waals surface area contributed by atoms with Gasteiger partial charge in [-0.1, -0.05) is 0 Å². The highest BCUT2D eigenvalue weighted by atomic mass is 15.5. The molecule has 0 amide bonds. The molecule has 0 aromatic carbocycles. The van der Waals surface area contributed by atoms with E-state index >= 15 is 0 Å². The van der Waals surface area contributed by atoms with Gasteiger partial charge in [0.25, 0.3) is 0 Å². The summed E-state index contributed by atoms with van der Waals surface area (Å²) in [5.41, 5.74) is 0.689. The molecule has 2 aromatic rings. The Labute approximate surface area is 98.8 Å². The number of anilines is 1. The zero-order chi connectivity index (χ0) is 11.7. The van der Waals surface area contributed by atoms with Crippen molar-refractivity contribution in [3.05, 3.63) is 12.4 Å². The largest absolute Gasteiger partial charge is 0.354 e. The minimum Gasteiger partial charge on any atom is -0.354 e. The number of hydrogen-bond acceptors (Lipinski definition) is 6. The number of likely N-dealkylation sites (N-methyl/N-ethyl adjacent to an activating group) is 1. The number of fused-ring (bicyclic) bond motifs is 1. The molecule has 90 valence electrons. The van der Waals surface area contributed by atoms with Crippen LogP contribution in [0.2, 0.25) is 0 Å². The van der Waals surface area contributed by atoms with Crippen LogP contribution in [0.5, 0.6) is 0 Å². The molecule has 1 aliphatic rings. The highest BCUT2D eigenvalue weighted by molar-refractivity contribution is 5.46. The molecule has 1 N–H and O–H groups in total. The molecule has 1 fully saturated rings. The summed E-state index contributed by atoms with van der Waals surface area (Å²) in [6, 6.07) is 0.524. The Morgan fingerprint density at radius 1 is 1.41 bits per heavy atom. The maximum atomic E-state index is 4.19. The van der Waals surface area contributed by atoms with E-state index in [1.807, 2.05) is 13.2 Å².